The number of hydrogen-bond acceptors (Lipinski definition) is 6. The Morgan fingerprint density at radius 2 is 1.94 bits per heavy atom. The highest BCUT2D eigenvalue weighted by atomic mass is 35.5. The molecular weight excluding hydrogens is 416 g/mol. The van der Waals surface area contributed by atoms with Gasteiger partial charge >= 0.3 is 0 Å². The van der Waals surface area contributed by atoms with Gasteiger partial charge in [-0.15, -0.1) is 12.4 Å². The normalized spacial score (nSPS) is 11.5. The molecule has 0 bridgehead atoms. The van der Waals surface area contributed by atoms with Crippen molar-refractivity contribution in [1.82, 2.24) is 14.4 Å². The first-order valence-corrected chi connectivity index (χ1v) is 9.51. The molecule has 156 valence electrons. The van der Waals surface area contributed by atoms with Crippen LogP contribution < -0.4 is 10.1 Å². The van der Waals surface area contributed by atoms with E-state index in [9.17, 15) is 5.21 Å². The van der Waals surface area contributed by atoms with Crippen molar-refractivity contribution in [1.29, 1.82) is 0 Å². The molecule has 5 rings (SSSR count). The molecule has 0 amide bonds. The number of hydrogen-bond donors (Lipinski definition) is 1. The molecule has 0 aliphatic carbocycles. The van der Waals surface area contributed by atoms with E-state index in [-0.39, 0.29) is 12.4 Å². The Hall–Kier alpha value is -3.84. The molecule has 0 saturated heterocycles. The van der Waals surface area contributed by atoms with Crippen LogP contribution in [-0.2, 0) is 6.42 Å². The van der Waals surface area contributed by atoms with E-state index in [1.165, 1.54) is 0 Å². The summed E-state index contributed by atoms with van der Waals surface area (Å²) in [6.07, 6.45) is 7.95. The van der Waals surface area contributed by atoms with Gasteiger partial charge in [-0.1, -0.05) is 5.16 Å². The molecule has 8 heteroatoms. The minimum Gasteiger partial charge on any atom is -0.493 e. The molecule has 7 nitrogen and oxygen atoms in total. The average Bonchev–Trinajstić information content (AvgIpc) is 3.27. The molecule has 0 fully saturated rings. The van der Waals surface area contributed by atoms with Crippen molar-refractivity contribution in [2.45, 2.75) is 6.42 Å². The number of fused-ring (bicyclic) bond motifs is 2. The highest BCUT2D eigenvalue weighted by Crippen LogP contribution is 2.24. The summed E-state index contributed by atoms with van der Waals surface area (Å²) in [5.41, 5.74) is 3.39. The lowest BCUT2D eigenvalue weighted by Gasteiger charge is -2.08. The van der Waals surface area contributed by atoms with Crippen molar-refractivity contribution in [2.24, 2.45) is 5.16 Å². The van der Waals surface area contributed by atoms with Crippen LogP contribution in [0, 0.1) is 0 Å². The standard InChI is InChI=1S/C23H18N4O3.ClH/c28-26-20-14-23(21-12-17-2-1-10-27(17)15-25-21)30-22-4-3-18(13-19(20)22)29-11-7-16-5-8-24-9-6-16;/h1-6,8-10,12-15,28H,7,11H2;1H/b26-20-;. The maximum Gasteiger partial charge on any atom is 0.155 e. The molecule has 4 aromatic heterocycles. The molecule has 1 N–H and O–H groups in total. The number of pyridine rings is 1. The predicted molar refractivity (Wildman–Crippen MR) is 118 cm³/mol. The van der Waals surface area contributed by atoms with Crippen LogP contribution in [0.1, 0.15) is 5.56 Å². The topological polar surface area (TPSA) is 85.2 Å². The van der Waals surface area contributed by atoms with E-state index in [4.69, 9.17) is 9.15 Å². The molecule has 0 saturated carbocycles. The molecule has 1 aromatic carbocycles. The van der Waals surface area contributed by atoms with Crippen molar-refractivity contribution in [3.05, 3.63) is 90.4 Å². The first-order valence-electron chi connectivity index (χ1n) is 9.51. The maximum absolute atomic E-state index is 9.57. The quantitative estimate of drug-likeness (QED) is 0.325. The Morgan fingerprint density at radius 1 is 1.06 bits per heavy atom. The molecule has 5 aromatic rings. The molecule has 0 atom stereocenters. The maximum atomic E-state index is 9.57. The third-order valence-electron chi connectivity index (χ3n) is 4.90. The van der Waals surface area contributed by atoms with Crippen LogP contribution in [0.4, 0.5) is 0 Å². The minimum atomic E-state index is 0. The number of benzene rings is 1. The number of ether oxygens (including phenoxy) is 1. The summed E-state index contributed by atoms with van der Waals surface area (Å²) in [4.78, 5) is 8.45. The summed E-state index contributed by atoms with van der Waals surface area (Å²) in [5, 5.41) is 14.1. The summed E-state index contributed by atoms with van der Waals surface area (Å²) in [6, 6.07) is 16.9. The fourth-order valence-corrected chi connectivity index (χ4v) is 3.35. The lowest BCUT2D eigenvalue weighted by molar-refractivity contribution is 0.302. The van der Waals surface area contributed by atoms with Crippen molar-refractivity contribution in [3.63, 3.8) is 0 Å². The van der Waals surface area contributed by atoms with Crippen LogP contribution in [0.5, 0.6) is 5.75 Å². The third-order valence-corrected chi connectivity index (χ3v) is 4.90. The van der Waals surface area contributed by atoms with Crippen LogP contribution in [0.15, 0.2) is 89.1 Å². The molecule has 0 aliphatic heterocycles. The van der Waals surface area contributed by atoms with Gasteiger partial charge in [0.2, 0.25) is 0 Å². The highest BCUT2D eigenvalue weighted by molar-refractivity contribution is 5.85. The zero-order valence-corrected chi connectivity index (χ0v) is 17.2. The molecule has 31 heavy (non-hydrogen) atoms. The second kappa shape index (κ2) is 8.89. The second-order valence-corrected chi connectivity index (χ2v) is 6.82. The molecule has 0 radical (unpaired) electrons. The average molecular weight is 435 g/mol. The van der Waals surface area contributed by atoms with E-state index >= 15 is 0 Å². The van der Waals surface area contributed by atoms with Gasteiger partial charge in [0.05, 0.1) is 18.3 Å². The van der Waals surface area contributed by atoms with Gasteiger partial charge in [0.1, 0.15) is 22.4 Å². The van der Waals surface area contributed by atoms with E-state index in [1.54, 1.807) is 24.8 Å². The van der Waals surface area contributed by atoms with Crippen LogP contribution in [0.2, 0.25) is 0 Å². The smallest absolute Gasteiger partial charge is 0.155 e. The predicted octanol–water partition coefficient (Wildman–Crippen LogP) is 4.48. The largest absolute Gasteiger partial charge is 0.493 e. The third kappa shape index (κ3) is 4.22. The number of aromatic nitrogens is 3. The summed E-state index contributed by atoms with van der Waals surface area (Å²) >= 11 is 0. The Balaban J connectivity index is 0.00000231. The summed E-state index contributed by atoms with van der Waals surface area (Å²) in [5.74, 6) is 1.20. The van der Waals surface area contributed by atoms with E-state index in [0.29, 0.717) is 40.1 Å². The second-order valence-electron chi connectivity index (χ2n) is 6.82. The van der Waals surface area contributed by atoms with Gasteiger partial charge in [-0.3, -0.25) is 4.98 Å². The van der Waals surface area contributed by atoms with Crippen LogP contribution in [-0.4, -0.2) is 26.2 Å². The van der Waals surface area contributed by atoms with Gasteiger partial charge in [0.25, 0.3) is 0 Å². The van der Waals surface area contributed by atoms with Crippen molar-refractivity contribution in [3.8, 4) is 17.2 Å². The van der Waals surface area contributed by atoms with Crippen LogP contribution in [0.25, 0.3) is 27.9 Å². The Morgan fingerprint density at radius 3 is 2.77 bits per heavy atom. The highest BCUT2D eigenvalue weighted by Gasteiger charge is 2.10. The van der Waals surface area contributed by atoms with Gasteiger partial charge in [-0.05, 0) is 54.1 Å². The van der Waals surface area contributed by atoms with E-state index in [1.807, 2.05) is 59.1 Å². The fourth-order valence-electron chi connectivity index (χ4n) is 3.35. The summed E-state index contributed by atoms with van der Waals surface area (Å²) in [6.45, 7) is 0.525. The van der Waals surface area contributed by atoms with Gasteiger partial charge in [-0.2, -0.15) is 0 Å². The SMILES string of the molecule is Cl.O/N=c1/cc(-c2cc3cccn3cn2)oc2ccc(OCCc3ccncc3)cc12. The van der Waals surface area contributed by atoms with E-state index in [0.717, 1.165) is 17.5 Å². The first kappa shape index (κ1) is 20.4. The molecular formula is C23H19ClN4O3. The van der Waals surface area contributed by atoms with Crippen LogP contribution >= 0.6 is 12.4 Å². The van der Waals surface area contributed by atoms with Crippen molar-refractivity contribution < 1.29 is 14.4 Å². The Labute approximate surface area is 183 Å². The summed E-state index contributed by atoms with van der Waals surface area (Å²) in [7, 11) is 0. The Bertz CT molecular complexity index is 1400. The monoisotopic (exact) mass is 434 g/mol. The molecule has 0 unspecified atom stereocenters. The number of rotatable bonds is 5. The van der Waals surface area contributed by atoms with E-state index < -0.39 is 0 Å². The lowest BCUT2D eigenvalue weighted by atomic mass is 10.2. The zero-order valence-electron chi connectivity index (χ0n) is 16.4. The van der Waals surface area contributed by atoms with Gasteiger partial charge in [-0.25, -0.2) is 4.98 Å². The van der Waals surface area contributed by atoms with Gasteiger partial charge < -0.3 is 18.8 Å². The lowest BCUT2D eigenvalue weighted by Crippen LogP contribution is -2.05. The first-order chi connectivity index (χ1) is 14.8. The molecule has 0 aliphatic rings. The van der Waals surface area contributed by atoms with Gasteiger partial charge in [0.15, 0.2) is 5.76 Å². The van der Waals surface area contributed by atoms with E-state index in [2.05, 4.69) is 15.1 Å². The Kier molecular flexibility index (Phi) is 5.86. The van der Waals surface area contributed by atoms with Gasteiger partial charge in [0, 0.05) is 36.6 Å². The minimum absolute atomic E-state index is 0. The van der Waals surface area contributed by atoms with Crippen molar-refractivity contribution >= 4 is 28.9 Å². The fraction of sp³-hybridized carbons (Fsp3) is 0.0870. The van der Waals surface area contributed by atoms with Crippen molar-refractivity contribution in [2.75, 3.05) is 6.61 Å². The number of halogens is 1. The zero-order chi connectivity index (χ0) is 20.3. The molecule has 4 heterocycles. The molecule has 0 spiro atoms. The summed E-state index contributed by atoms with van der Waals surface area (Å²) < 4.78 is 13.8. The number of nitrogens with zero attached hydrogens (tertiary/aromatic N) is 4. The van der Waals surface area contributed by atoms with Crippen LogP contribution in [0.3, 0.4) is 0 Å².